The highest BCUT2D eigenvalue weighted by molar-refractivity contribution is 6.02. The first-order valence-corrected chi connectivity index (χ1v) is 6.34. The quantitative estimate of drug-likeness (QED) is 0.769. The van der Waals surface area contributed by atoms with Gasteiger partial charge in [0.1, 0.15) is 0 Å². The molecular formula is C13H19F3N2O. The normalized spacial score (nSPS) is 13.6. The third-order valence-corrected chi connectivity index (χ3v) is 3.13. The number of aromatic nitrogens is 2. The zero-order valence-electron chi connectivity index (χ0n) is 11.6. The number of Topliss-reactive ketones (excluding diaryl/α,β-unsaturated/α-hetero) is 1. The van der Waals surface area contributed by atoms with Crippen LogP contribution in [-0.4, -0.2) is 21.7 Å². The Hall–Kier alpha value is -1.33. The van der Waals surface area contributed by atoms with Crippen LogP contribution in [0.4, 0.5) is 13.2 Å². The molecule has 3 nitrogen and oxygen atoms in total. The Morgan fingerprint density at radius 3 is 2.42 bits per heavy atom. The molecule has 1 rings (SSSR count). The van der Waals surface area contributed by atoms with E-state index in [0.717, 1.165) is 12.8 Å². The number of alkyl halides is 3. The number of carbonyl (C=O) groups excluding carboxylic acids is 1. The summed E-state index contributed by atoms with van der Waals surface area (Å²) in [7, 11) is 0. The van der Waals surface area contributed by atoms with Gasteiger partial charge in [-0.15, -0.1) is 0 Å². The van der Waals surface area contributed by atoms with Gasteiger partial charge in [0, 0.05) is 12.2 Å². The number of halogens is 3. The maximum Gasteiger partial charge on any atom is 0.455 e. The molecule has 1 heterocycles. The molecule has 0 radical (unpaired) electrons. The van der Waals surface area contributed by atoms with Gasteiger partial charge >= 0.3 is 6.18 Å². The molecule has 0 N–H and O–H groups in total. The van der Waals surface area contributed by atoms with E-state index in [0.29, 0.717) is 18.2 Å². The third-order valence-electron chi connectivity index (χ3n) is 3.13. The molecule has 6 heteroatoms. The summed E-state index contributed by atoms with van der Waals surface area (Å²) in [4.78, 5) is 11.4. The summed E-state index contributed by atoms with van der Waals surface area (Å²) < 4.78 is 39.0. The molecule has 1 aromatic rings. The number of rotatable bonds is 5. The molecule has 0 saturated carbocycles. The van der Waals surface area contributed by atoms with Gasteiger partial charge in [0.25, 0.3) is 5.78 Å². The summed E-state index contributed by atoms with van der Waals surface area (Å²) in [5.41, 5.74) is 0.127. The summed E-state index contributed by atoms with van der Waals surface area (Å²) >= 11 is 0. The lowest BCUT2D eigenvalue weighted by Gasteiger charge is -2.12. The van der Waals surface area contributed by atoms with Gasteiger partial charge in [0.2, 0.25) is 0 Å². The van der Waals surface area contributed by atoms with E-state index < -0.39 is 12.0 Å². The lowest BCUT2D eigenvalue weighted by atomic mass is 10.1. The predicted molar refractivity (Wildman–Crippen MR) is 66.2 cm³/mol. The van der Waals surface area contributed by atoms with Gasteiger partial charge in [0.15, 0.2) is 0 Å². The van der Waals surface area contributed by atoms with Crippen molar-refractivity contribution in [3.8, 4) is 0 Å². The second kappa shape index (κ2) is 5.75. The minimum Gasteiger partial charge on any atom is -0.284 e. The highest BCUT2D eigenvalue weighted by Gasteiger charge is 2.42. The van der Waals surface area contributed by atoms with Crippen molar-refractivity contribution in [3.63, 3.8) is 0 Å². The van der Waals surface area contributed by atoms with E-state index in [4.69, 9.17) is 0 Å². The highest BCUT2D eigenvalue weighted by Crippen LogP contribution is 2.26. The summed E-state index contributed by atoms with van der Waals surface area (Å²) in [6.45, 7) is 7.55. The molecule has 1 aromatic heterocycles. The molecule has 0 saturated heterocycles. The molecule has 0 amide bonds. The Morgan fingerprint density at radius 2 is 1.95 bits per heavy atom. The monoisotopic (exact) mass is 276 g/mol. The Kier molecular flexibility index (Phi) is 4.76. The molecule has 1 unspecified atom stereocenters. The van der Waals surface area contributed by atoms with Crippen molar-refractivity contribution in [1.82, 2.24) is 9.78 Å². The molecule has 0 aliphatic rings. The Labute approximate surface area is 110 Å². The van der Waals surface area contributed by atoms with Crippen molar-refractivity contribution in [2.24, 2.45) is 5.92 Å². The zero-order chi connectivity index (χ0) is 14.8. The van der Waals surface area contributed by atoms with Crippen molar-refractivity contribution in [1.29, 1.82) is 0 Å². The van der Waals surface area contributed by atoms with Crippen LogP contribution in [0.15, 0.2) is 0 Å². The average Bonchev–Trinajstić information content (AvgIpc) is 2.52. The first-order valence-electron chi connectivity index (χ1n) is 6.34. The summed E-state index contributed by atoms with van der Waals surface area (Å²) in [5, 5.41) is 4.06. The maximum atomic E-state index is 12.5. The number of aryl methyl sites for hydroxylation is 1. The molecule has 19 heavy (non-hydrogen) atoms. The molecule has 0 fully saturated rings. The smallest absolute Gasteiger partial charge is 0.284 e. The van der Waals surface area contributed by atoms with Crippen LogP contribution in [0.3, 0.4) is 0 Å². The fourth-order valence-corrected chi connectivity index (χ4v) is 2.22. The minimum atomic E-state index is -4.85. The topological polar surface area (TPSA) is 34.9 Å². The van der Waals surface area contributed by atoms with Crippen LogP contribution >= 0.6 is 0 Å². The number of hydrogen-bond donors (Lipinski definition) is 0. The zero-order valence-corrected chi connectivity index (χ0v) is 11.6. The number of carbonyl (C=O) groups is 1. The SMILES string of the molecule is CCCC(C)Cn1nc(C)c(C(=O)C(F)(F)F)c1C. The second-order valence-electron chi connectivity index (χ2n) is 4.95. The van der Waals surface area contributed by atoms with Crippen LogP contribution < -0.4 is 0 Å². The first kappa shape index (κ1) is 15.7. The van der Waals surface area contributed by atoms with E-state index in [1.165, 1.54) is 18.5 Å². The molecule has 0 aliphatic carbocycles. The van der Waals surface area contributed by atoms with Gasteiger partial charge in [-0.1, -0.05) is 20.3 Å². The number of nitrogens with zero attached hydrogens (tertiary/aromatic N) is 2. The van der Waals surface area contributed by atoms with Crippen molar-refractivity contribution in [3.05, 3.63) is 17.0 Å². The van der Waals surface area contributed by atoms with Crippen molar-refractivity contribution in [2.75, 3.05) is 0 Å². The van der Waals surface area contributed by atoms with E-state index in [1.54, 1.807) is 0 Å². The van der Waals surface area contributed by atoms with Crippen LogP contribution in [0, 0.1) is 19.8 Å². The van der Waals surface area contributed by atoms with Gasteiger partial charge in [-0.3, -0.25) is 9.48 Å². The maximum absolute atomic E-state index is 12.5. The van der Waals surface area contributed by atoms with E-state index in [1.807, 2.05) is 6.92 Å². The average molecular weight is 276 g/mol. The van der Waals surface area contributed by atoms with Crippen LogP contribution in [0.25, 0.3) is 0 Å². The van der Waals surface area contributed by atoms with Crippen LogP contribution in [0.1, 0.15) is 48.4 Å². The largest absolute Gasteiger partial charge is 0.455 e. The molecule has 1 atom stereocenters. The molecule has 0 aliphatic heterocycles. The van der Waals surface area contributed by atoms with E-state index in [9.17, 15) is 18.0 Å². The molecule has 108 valence electrons. The van der Waals surface area contributed by atoms with E-state index >= 15 is 0 Å². The van der Waals surface area contributed by atoms with E-state index in [-0.39, 0.29) is 11.3 Å². The molecule has 0 bridgehead atoms. The molecule has 0 aromatic carbocycles. The van der Waals surface area contributed by atoms with Gasteiger partial charge in [0.05, 0.1) is 11.3 Å². The van der Waals surface area contributed by atoms with Gasteiger partial charge in [-0.25, -0.2) is 0 Å². The van der Waals surface area contributed by atoms with Gasteiger partial charge < -0.3 is 0 Å². The fraction of sp³-hybridized carbons (Fsp3) is 0.692. The fourth-order valence-electron chi connectivity index (χ4n) is 2.22. The van der Waals surface area contributed by atoms with Crippen molar-refractivity contribution >= 4 is 5.78 Å². The second-order valence-corrected chi connectivity index (χ2v) is 4.95. The summed E-state index contributed by atoms with van der Waals surface area (Å²) in [6, 6.07) is 0. The highest BCUT2D eigenvalue weighted by atomic mass is 19.4. The molecular weight excluding hydrogens is 257 g/mol. The number of hydrogen-bond acceptors (Lipinski definition) is 2. The molecule has 0 spiro atoms. The lowest BCUT2D eigenvalue weighted by molar-refractivity contribution is -0.0886. The number of ketones is 1. The lowest BCUT2D eigenvalue weighted by Crippen LogP contribution is -2.24. The third kappa shape index (κ3) is 3.58. The van der Waals surface area contributed by atoms with E-state index in [2.05, 4.69) is 12.0 Å². The van der Waals surface area contributed by atoms with Crippen LogP contribution in [-0.2, 0) is 6.54 Å². The minimum absolute atomic E-state index is 0.142. The summed E-state index contributed by atoms with van der Waals surface area (Å²) in [6.07, 6.45) is -2.87. The first-order chi connectivity index (χ1) is 8.68. The predicted octanol–water partition coefficient (Wildman–Crippen LogP) is 3.68. The van der Waals surface area contributed by atoms with Crippen LogP contribution in [0.2, 0.25) is 0 Å². The standard InChI is InChI=1S/C13H19F3N2O/c1-5-6-8(2)7-18-10(4)11(9(3)17-18)12(19)13(14,15)16/h8H,5-7H2,1-4H3. The van der Waals surface area contributed by atoms with Crippen molar-refractivity contribution in [2.45, 2.75) is 53.3 Å². The summed E-state index contributed by atoms with van der Waals surface area (Å²) in [5.74, 6) is -1.49. The van der Waals surface area contributed by atoms with Gasteiger partial charge in [-0.05, 0) is 26.2 Å². The van der Waals surface area contributed by atoms with Crippen LogP contribution in [0.5, 0.6) is 0 Å². The Bertz CT molecular complexity index is 463. The Morgan fingerprint density at radius 1 is 1.37 bits per heavy atom. The Balaban J connectivity index is 3.04. The van der Waals surface area contributed by atoms with Gasteiger partial charge in [-0.2, -0.15) is 18.3 Å². The van der Waals surface area contributed by atoms with Crippen molar-refractivity contribution < 1.29 is 18.0 Å².